The fourth-order valence-electron chi connectivity index (χ4n) is 31.4. The van der Waals surface area contributed by atoms with Crippen LogP contribution in [0.15, 0.2) is 273 Å². The maximum absolute atomic E-state index is 4.94. The van der Waals surface area contributed by atoms with Crippen LogP contribution in [-0.2, 0) is 32.5 Å². The van der Waals surface area contributed by atoms with E-state index in [0.29, 0.717) is 57.9 Å². The molecule has 6 aliphatic heterocycles. The smallest absolute Gasteiger partial charge is 0.137 e. The Balaban J connectivity index is 0.0000000970. The van der Waals surface area contributed by atoms with Crippen LogP contribution in [-0.4, -0.2) is 51.2 Å². The van der Waals surface area contributed by atoms with E-state index in [9.17, 15) is 0 Å². The molecule has 12 aromatic rings. The number of aromatic nitrogens is 3. The number of hydrogen-bond acceptors (Lipinski definition) is 9. The Kier molecular flexibility index (Phi) is 23.7. The number of benzene rings is 9. The lowest BCUT2D eigenvalue weighted by molar-refractivity contribution is -0.0655. The van der Waals surface area contributed by atoms with Crippen LogP contribution in [0.2, 0.25) is 0 Å². The van der Waals surface area contributed by atoms with Crippen molar-refractivity contribution in [2.75, 3.05) is 29.4 Å². The number of nitrogens with zero attached hydrogens (tertiary/aromatic N) is 9. The minimum absolute atomic E-state index is 0.117. The van der Waals surface area contributed by atoms with Crippen LogP contribution in [0.1, 0.15) is 264 Å². The lowest BCUT2D eigenvalue weighted by Gasteiger charge is -2.62. The Labute approximate surface area is 803 Å². The minimum atomic E-state index is 0.117. The van der Waals surface area contributed by atoms with E-state index in [1.165, 1.54) is 241 Å². The van der Waals surface area contributed by atoms with Gasteiger partial charge < -0.3 is 29.4 Å². The summed E-state index contributed by atoms with van der Waals surface area (Å²) in [5.74, 6) is 11.1. The molecule has 10 saturated carbocycles. The highest BCUT2D eigenvalue weighted by Crippen LogP contribution is 2.71. The van der Waals surface area contributed by atoms with Crippen LogP contribution in [0, 0.1) is 88.9 Å². The van der Waals surface area contributed by atoms with Gasteiger partial charge in [-0.1, -0.05) is 248 Å². The first-order valence-electron chi connectivity index (χ1n) is 52.2. The van der Waals surface area contributed by atoms with Gasteiger partial charge in [0.05, 0.1) is 0 Å². The van der Waals surface area contributed by atoms with Crippen LogP contribution >= 0.6 is 0 Å². The fourth-order valence-corrected chi connectivity index (χ4v) is 31.4. The average molecular weight is 1780 g/mol. The highest BCUT2D eigenvalue weighted by Gasteiger charge is 2.67. The maximum Gasteiger partial charge on any atom is 0.137 e. The number of anilines is 12. The Morgan fingerprint density at radius 1 is 0.216 bits per heavy atom. The quantitative estimate of drug-likeness (QED) is 0.162. The molecule has 10 aliphatic carbocycles. The molecule has 6 atom stereocenters. The summed E-state index contributed by atoms with van der Waals surface area (Å²) in [4.78, 5) is 29.6. The number of pyridine rings is 3. The summed E-state index contributed by atoms with van der Waals surface area (Å²) in [5.41, 5.74) is 31.2. The molecular formula is C125H147N9. The summed E-state index contributed by atoms with van der Waals surface area (Å²) in [6, 6.07) is 96.1. The molecule has 28 rings (SSSR count). The Morgan fingerprint density at radius 2 is 0.455 bits per heavy atom. The third-order valence-electron chi connectivity index (χ3n) is 38.0. The maximum atomic E-state index is 4.94. The largest absolute Gasteiger partial charge is 0.337 e. The molecule has 9 heterocycles. The van der Waals surface area contributed by atoms with Gasteiger partial charge >= 0.3 is 0 Å². The van der Waals surface area contributed by atoms with E-state index in [1.54, 1.807) is 16.7 Å². The molecule has 9 aromatic carbocycles. The van der Waals surface area contributed by atoms with E-state index in [1.807, 2.05) is 24.7 Å². The van der Waals surface area contributed by atoms with Crippen molar-refractivity contribution < 1.29 is 0 Å². The van der Waals surface area contributed by atoms with Crippen molar-refractivity contribution in [3.63, 3.8) is 0 Å². The van der Waals surface area contributed by atoms with E-state index in [0.717, 1.165) is 53.2 Å². The van der Waals surface area contributed by atoms with Crippen LogP contribution < -0.4 is 29.4 Å². The standard InChI is InChI=1S/C25H29N.C24H28N2.C21H25N.C20H24N2.C18H21N.C17H20N2/c1-16-7-3-5-9-23(16)26-17(2)25(22-8-4-6-10-24(22)26)20-12-18-11-19(14-20)15-21(25)13-18;1-15-6-3-4-8-22(15)26-16(2)24(21-7-5-9-25-23(21)26)19-11-17-10-18(13-19)14-20(24)12-17;1-16-10-4-6-12-19(16)22-17(2)21(14-8-3-9-15-21)18-11-5-7-13-20(18)22;1-15-9-4-5-11-18(15)22-16(2)20(12-6-3-7-13-20)17-10-8-14-21-19(17)22;1-13-9-5-7-11-16(13)19-14(2)18(3,4)15-10-6-8-12-17(15)19;1-12-8-5-6-10-15(12)19-13(2)17(3,4)14-9-7-11-18-16(14)19/h3-10,17-21H,11-15H2,1-2H3;3-9,16-20H,10-14H2,1-2H3;4-7,10-13,17H,3,8-9,14-15H2,1-2H3;4-5,8-11,14,16H,3,6-7,12-13H2,1-2H3;5-12,14H,1-4H3;5-11,13H,1-4H3. The molecular weight excluding hydrogens is 1630 g/mol. The second-order valence-corrected chi connectivity index (χ2v) is 45.0. The highest BCUT2D eigenvalue weighted by molar-refractivity contribution is 5.81. The predicted molar refractivity (Wildman–Crippen MR) is 562 cm³/mol. The van der Waals surface area contributed by atoms with Crippen molar-refractivity contribution in [2.45, 2.75) is 308 Å². The molecule has 8 bridgehead atoms. The lowest BCUT2D eigenvalue weighted by Crippen LogP contribution is -2.60. The number of fused-ring (bicyclic) bond motifs is 8. The fraction of sp³-hybridized carbons (Fsp3) is 0.448. The highest BCUT2D eigenvalue weighted by atomic mass is 15.3. The second-order valence-electron chi connectivity index (χ2n) is 45.0. The summed E-state index contributed by atoms with van der Waals surface area (Å²) < 4.78 is 0. The van der Waals surface area contributed by atoms with Gasteiger partial charge in [0, 0.05) is 155 Å². The topological polar surface area (TPSA) is 58.1 Å². The van der Waals surface area contributed by atoms with Crippen molar-refractivity contribution >= 4 is 68.6 Å². The van der Waals surface area contributed by atoms with Gasteiger partial charge in [-0.05, 0) is 343 Å². The predicted octanol–water partition coefficient (Wildman–Crippen LogP) is 31.7. The van der Waals surface area contributed by atoms with Gasteiger partial charge in [0.2, 0.25) is 0 Å². The number of aryl methyl sites for hydroxylation is 6. The summed E-state index contributed by atoms with van der Waals surface area (Å²) in [6.07, 6.45) is 34.1. The molecule has 3 aromatic heterocycles. The summed E-state index contributed by atoms with van der Waals surface area (Å²) in [5, 5.41) is 0. The van der Waals surface area contributed by atoms with E-state index in [-0.39, 0.29) is 10.8 Å². The number of para-hydroxylation sites is 9. The molecule has 0 saturated heterocycles. The number of hydrogen-bond donors (Lipinski definition) is 0. The minimum Gasteiger partial charge on any atom is -0.337 e. The van der Waals surface area contributed by atoms with Gasteiger partial charge in [0.25, 0.3) is 0 Å². The van der Waals surface area contributed by atoms with Gasteiger partial charge in [0.1, 0.15) is 17.5 Å². The van der Waals surface area contributed by atoms with Crippen molar-refractivity contribution in [3.8, 4) is 0 Å². The zero-order valence-electron chi connectivity index (χ0n) is 83.2. The average Bonchev–Trinajstić information content (AvgIpc) is 1.50. The van der Waals surface area contributed by atoms with Crippen molar-refractivity contribution in [1.29, 1.82) is 0 Å². The van der Waals surface area contributed by atoms with E-state index >= 15 is 0 Å². The molecule has 6 unspecified atom stereocenters. The van der Waals surface area contributed by atoms with Gasteiger partial charge in [-0.15, -0.1) is 0 Å². The molecule has 16 aliphatic rings. The molecule has 0 radical (unpaired) electrons. The first kappa shape index (κ1) is 89.7. The van der Waals surface area contributed by atoms with Crippen LogP contribution in [0.5, 0.6) is 0 Å². The van der Waals surface area contributed by atoms with E-state index in [2.05, 4.69) is 394 Å². The molecule has 9 heteroatoms. The molecule has 134 heavy (non-hydrogen) atoms. The first-order chi connectivity index (χ1) is 64.9. The molecule has 4 spiro atoms. The number of rotatable bonds is 6. The van der Waals surface area contributed by atoms with Crippen LogP contribution in [0.25, 0.3) is 0 Å². The Morgan fingerprint density at radius 3 is 0.858 bits per heavy atom. The zero-order valence-corrected chi connectivity index (χ0v) is 83.2. The van der Waals surface area contributed by atoms with Crippen molar-refractivity contribution in [3.05, 3.63) is 340 Å². The van der Waals surface area contributed by atoms with Crippen molar-refractivity contribution in [2.24, 2.45) is 47.3 Å². The van der Waals surface area contributed by atoms with E-state index in [4.69, 9.17) is 9.97 Å². The Hall–Kier alpha value is -10.8. The summed E-state index contributed by atoms with van der Waals surface area (Å²) in [6.45, 7) is 37.1. The molecule has 0 N–H and O–H groups in total. The van der Waals surface area contributed by atoms with Crippen LogP contribution in [0.4, 0.5) is 68.6 Å². The normalized spacial score (nSPS) is 28.7. The summed E-state index contributed by atoms with van der Waals surface area (Å²) in [7, 11) is 0. The monoisotopic (exact) mass is 1770 g/mol. The van der Waals surface area contributed by atoms with Gasteiger partial charge in [-0.3, -0.25) is 0 Å². The SMILES string of the molecule is Cc1ccccc1N1c2ccccc2C(C)(C)C1C.Cc1ccccc1N1c2ccccc2C2(C3CC4CC(C3)CC2C4)C1C.Cc1ccccc1N1c2ccccc2C2(CCCCC2)C1C.Cc1ccccc1N1c2ncccc2C(C)(C)C1C.Cc1ccccc1N1c2ncccc2C2(C3CC4CC(C3)CC2C4)C1C.Cc1ccccc1N1c2ncccc2C2(CCCCC2)C1C. The summed E-state index contributed by atoms with van der Waals surface area (Å²) >= 11 is 0. The van der Waals surface area contributed by atoms with Crippen LogP contribution in [0.3, 0.4) is 0 Å². The van der Waals surface area contributed by atoms with Crippen molar-refractivity contribution in [1.82, 2.24) is 15.0 Å². The Bertz CT molecular complexity index is 5840. The van der Waals surface area contributed by atoms with E-state index < -0.39 is 0 Å². The molecule has 692 valence electrons. The van der Waals surface area contributed by atoms with Gasteiger partial charge in [-0.25, -0.2) is 15.0 Å². The van der Waals surface area contributed by atoms with Gasteiger partial charge in [0.15, 0.2) is 0 Å². The third-order valence-corrected chi connectivity index (χ3v) is 38.0. The second kappa shape index (κ2) is 35.4. The molecule has 9 nitrogen and oxygen atoms in total. The first-order valence-corrected chi connectivity index (χ1v) is 52.2. The molecule has 0 amide bonds. The third kappa shape index (κ3) is 14.4. The molecule has 10 fully saturated rings. The van der Waals surface area contributed by atoms with Gasteiger partial charge in [-0.2, -0.15) is 0 Å². The lowest BCUT2D eigenvalue weighted by atomic mass is 9.42. The zero-order chi connectivity index (χ0) is 92.5.